The van der Waals surface area contributed by atoms with Gasteiger partial charge in [-0.15, -0.1) is 0 Å². The Morgan fingerprint density at radius 2 is 1.64 bits per heavy atom. The lowest BCUT2D eigenvalue weighted by molar-refractivity contribution is 0.0526. The topological polar surface area (TPSA) is 107 Å². The van der Waals surface area contributed by atoms with Crippen LogP contribution in [0.4, 0.5) is 21.9 Å². The average molecular weight is 453 g/mol. The molecular formula is C23H27N5O5. The van der Waals surface area contributed by atoms with E-state index >= 15 is 0 Å². The van der Waals surface area contributed by atoms with Crippen molar-refractivity contribution in [2.24, 2.45) is 14.1 Å². The Bertz CT molecular complexity index is 1240. The zero-order valence-corrected chi connectivity index (χ0v) is 18.9. The van der Waals surface area contributed by atoms with E-state index < -0.39 is 12.0 Å². The summed E-state index contributed by atoms with van der Waals surface area (Å²) in [5.74, 6) is -0.412. The maximum atomic E-state index is 12.8. The average Bonchev–Trinajstić information content (AvgIpc) is 3.03. The minimum Gasteiger partial charge on any atom is -0.462 e. The number of imidazole rings is 1. The summed E-state index contributed by atoms with van der Waals surface area (Å²) in [5.41, 5.74) is 3.71. The van der Waals surface area contributed by atoms with Crippen LogP contribution in [-0.2, 0) is 23.6 Å². The molecule has 10 heteroatoms. The molecule has 1 saturated heterocycles. The summed E-state index contributed by atoms with van der Waals surface area (Å²) in [6.45, 7) is 4.57. The second-order valence-corrected chi connectivity index (χ2v) is 7.74. The van der Waals surface area contributed by atoms with Crippen molar-refractivity contribution in [3.63, 3.8) is 0 Å². The van der Waals surface area contributed by atoms with Crippen LogP contribution < -0.4 is 21.2 Å². The van der Waals surface area contributed by atoms with Gasteiger partial charge in [0.2, 0.25) is 0 Å². The minimum absolute atomic E-state index is 0.138. The van der Waals surface area contributed by atoms with Crippen LogP contribution in [0.25, 0.3) is 11.0 Å². The predicted octanol–water partition coefficient (Wildman–Crippen LogP) is 2.53. The number of anilines is 3. The second-order valence-electron chi connectivity index (χ2n) is 7.74. The Balaban J connectivity index is 1.60. The lowest BCUT2D eigenvalue weighted by atomic mass is 10.2. The van der Waals surface area contributed by atoms with Crippen molar-refractivity contribution in [2.45, 2.75) is 6.92 Å². The van der Waals surface area contributed by atoms with Crippen LogP contribution in [0.15, 0.2) is 41.2 Å². The number of nitrogens with one attached hydrogen (secondary N) is 2. The molecule has 0 spiro atoms. The van der Waals surface area contributed by atoms with Crippen LogP contribution >= 0.6 is 0 Å². The summed E-state index contributed by atoms with van der Waals surface area (Å²) in [6, 6.07) is 9.76. The molecule has 2 heterocycles. The number of carbonyl (C=O) groups excluding carboxylic acids is 2. The number of aryl methyl sites for hydroxylation is 2. The van der Waals surface area contributed by atoms with Gasteiger partial charge in [0.1, 0.15) is 0 Å². The summed E-state index contributed by atoms with van der Waals surface area (Å²) >= 11 is 0. The van der Waals surface area contributed by atoms with Crippen LogP contribution in [0.1, 0.15) is 17.3 Å². The van der Waals surface area contributed by atoms with Crippen LogP contribution in [0.3, 0.4) is 0 Å². The smallest absolute Gasteiger partial charge is 0.338 e. The fourth-order valence-electron chi connectivity index (χ4n) is 3.89. The number of fused-ring (bicyclic) bond motifs is 1. The Morgan fingerprint density at radius 3 is 2.27 bits per heavy atom. The molecule has 2 aromatic carbocycles. The molecule has 174 valence electrons. The summed E-state index contributed by atoms with van der Waals surface area (Å²) in [4.78, 5) is 39.2. The van der Waals surface area contributed by atoms with Crippen LogP contribution in [0, 0.1) is 0 Å². The Labute approximate surface area is 190 Å². The molecule has 0 bridgehead atoms. The molecular weight excluding hydrogens is 426 g/mol. The molecule has 0 unspecified atom stereocenters. The number of hydrogen-bond donors (Lipinski definition) is 2. The largest absolute Gasteiger partial charge is 0.462 e. The first-order chi connectivity index (χ1) is 15.9. The number of urea groups is 1. The highest BCUT2D eigenvalue weighted by Gasteiger charge is 2.20. The Hall–Kier alpha value is -3.79. The molecule has 10 nitrogen and oxygen atoms in total. The van der Waals surface area contributed by atoms with Gasteiger partial charge in [0, 0.05) is 32.9 Å². The highest BCUT2D eigenvalue weighted by Crippen LogP contribution is 2.32. The number of amides is 2. The quantitative estimate of drug-likeness (QED) is 0.575. The summed E-state index contributed by atoms with van der Waals surface area (Å²) < 4.78 is 13.6. The fraction of sp³-hybridized carbons (Fsp3) is 0.348. The fourth-order valence-corrected chi connectivity index (χ4v) is 3.89. The first-order valence-electron chi connectivity index (χ1n) is 10.8. The maximum absolute atomic E-state index is 12.8. The lowest BCUT2D eigenvalue weighted by Gasteiger charge is -2.30. The maximum Gasteiger partial charge on any atom is 0.338 e. The number of carbonyl (C=O) groups is 2. The Morgan fingerprint density at radius 1 is 1.00 bits per heavy atom. The molecule has 0 radical (unpaired) electrons. The standard InChI is InChI=1S/C23H27N5O5/c1-4-33-21(29)15-5-7-16(8-6-15)24-22(30)25-17-13-19-20(27(3)23(31)26(19)2)14-18(17)28-9-11-32-12-10-28/h5-8,13-14H,4,9-12H2,1-3H3,(H2,24,25,30). The summed E-state index contributed by atoms with van der Waals surface area (Å²) in [6.07, 6.45) is 0. The van der Waals surface area contributed by atoms with E-state index in [0.29, 0.717) is 55.4 Å². The molecule has 1 aromatic heterocycles. The molecule has 1 aliphatic rings. The van der Waals surface area contributed by atoms with Gasteiger partial charge in [0.05, 0.1) is 47.8 Å². The zero-order chi connectivity index (χ0) is 23.5. The number of morpholine rings is 1. The van der Waals surface area contributed by atoms with E-state index in [2.05, 4.69) is 15.5 Å². The van der Waals surface area contributed by atoms with E-state index in [9.17, 15) is 14.4 Å². The van der Waals surface area contributed by atoms with Crippen molar-refractivity contribution in [1.29, 1.82) is 0 Å². The van der Waals surface area contributed by atoms with E-state index in [1.165, 1.54) is 0 Å². The molecule has 3 aromatic rings. The van der Waals surface area contributed by atoms with Gasteiger partial charge in [0.25, 0.3) is 0 Å². The van der Waals surface area contributed by atoms with Crippen molar-refractivity contribution in [2.75, 3.05) is 48.4 Å². The SMILES string of the molecule is CCOC(=O)c1ccc(NC(=O)Nc2cc3c(cc2N2CCOCC2)n(C)c(=O)n3C)cc1. The number of esters is 1. The third-order valence-electron chi connectivity index (χ3n) is 5.64. The molecule has 1 aliphatic heterocycles. The summed E-state index contributed by atoms with van der Waals surface area (Å²) in [7, 11) is 3.43. The predicted molar refractivity (Wildman–Crippen MR) is 126 cm³/mol. The van der Waals surface area contributed by atoms with E-state index in [0.717, 1.165) is 11.2 Å². The van der Waals surface area contributed by atoms with Crippen molar-refractivity contribution in [1.82, 2.24) is 9.13 Å². The van der Waals surface area contributed by atoms with Gasteiger partial charge in [0.15, 0.2) is 0 Å². The van der Waals surface area contributed by atoms with E-state index in [1.54, 1.807) is 54.4 Å². The van der Waals surface area contributed by atoms with Crippen molar-refractivity contribution < 1.29 is 19.1 Å². The molecule has 1 fully saturated rings. The van der Waals surface area contributed by atoms with Crippen LogP contribution in [0.5, 0.6) is 0 Å². The van der Waals surface area contributed by atoms with Gasteiger partial charge in [-0.1, -0.05) is 0 Å². The van der Waals surface area contributed by atoms with Gasteiger partial charge in [-0.05, 0) is 43.3 Å². The number of ether oxygens (including phenoxy) is 2. The van der Waals surface area contributed by atoms with Gasteiger partial charge in [-0.3, -0.25) is 9.13 Å². The lowest BCUT2D eigenvalue weighted by Crippen LogP contribution is -2.37. The molecule has 33 heavy (non-hydrogen) atoms. The zero-order valence-electron chi connectivity index (χ0n) is 18.9. The number of nitrogens with zero attached hydrogens (tertiary/aromatic N) is 3. The summed E-state index contributed by atoms with van der Waals surface area (Å²) in [5, 5.41) is 5.69. The third-order valence-corrected chi connectivity index (χ3v) is 5.64. The number of aromatic nitrogens is 2. The monoisotopic (exact) mass is 453 g/mol. The number of rotatable bonds is 5. The van der Waals surface area contributed by atoms with E-state index in [1.807, 2.05) is 12.1 Å². The Kier molecular flexibility index (Phi) is 6.36. The van der Waals surface area contributed by atoms with Gasteiger partial charge in [-0.25, -0.2) is 14.4 Å². The van der Waals surface area contributed by atoms with E-state index in [-0.39, 0.29) is 5.69 Å². The first-order valence-corrected chi connectivity index (χ1v) is 10.8. The highest BCUT2D eigenvalue weighted by atomic mass is 16.5. The van der Waals surface area contributed by atoms with Gasteiger partial charge < -0.3 is 25.0 Å². The van der Waals surface area contributed by atoms with Crippen molar-refractivity contribution >= 4 is 40.1 Å². The normalized spacial score (nSPS) is 13.7. The molecule has 4 rings (SSSR count). The first kappa shape index (κ1) is 22.4. The third kappa shape index (κ3) is 4.56. The molecule has 2 N–H and O–H groups in total. The molecule has 2 amide bonds. The highest BCUT2D eigenvalue weighted by molar-refractivity contribution is 6.04. The molecule has 0 atom stereocenters. The second kappa shape index (κ2) is 9.37. The minimum atomic E-state index is -0.436. The van der Waals surface area contributed by atoms with Gasteiger partial charge in [-0.2, -0.15) is 0 Å². The van der Waals surface area contributed by atoms with Crippen molar-refractivity contribution in [3.8, 4) is 0 Å². The number of benzene rings is 2. The van der Waals surface area contributed by atoms with Crippen molar-refractivity contribution in [3.05, 3.63) is 52.4 Å². The van der Waals surface area contributed by atoms with Crippen LogP contribution in [-0.4, -0.2) is 54.0 Å². The van der Waals surface area contributed by atoms with Crippen LogP contribution in [0.2, 0.25) is 0 Å². The molecule has 0 saturated carbocycles. The van der Waals surface area contributed by atoms with E-state index in [4.69, 9.17) is 9.47 Å². The van der Waals surface area contributed by atoms with Gasteiger partial charge >= 0.3 is 17.7 Å². The molecule has 0 aliphatic carbocycles. The number of hydrogen-bond acceptors (Lipinski definition) is 6.